The van der Waals surface area contributed by atoms with Crippen LogP contribution >= 0.6 is 0 Å². The summed E-state index contributed by atoms with van der Waals surface area (Å²) in [5.41, 5.74) is 9.16. The molecule has 1 aromatic heterocycles. The average molecular weight is 153 g/mol. The molecule has 3 heteroatoms. The Hall–Kier alpha value is -0.830. The van der Waals surface area contributed by atoms with Gasteiger partial charge in [-0.25, -0.2) is 0 Å². The van der Waals surface area contributed by atoms with Crippen LogP contribution in [0.3, 0.4) is 0 Å². The standard InChI is InChI=1S/C8H15N3/c1-5(9)8-6(2)10-11(4)7(8)3/h5H,9H2,1-4H3/t5-/m0/s1. The molecule has 0 unspecified atom stereocenters. The van der Waals surface area contributed by atoms with E-state index < -0.39 is 0 Å². The van der Waals surface area contributed by atoms with Crippen molar-refractivity contribution < 1.29 is 0 Å². The molecule has 0 amide bonds. The Morgan fingerprint density at radius 2 is 2.00 bits per heavy atom. The van der Waals surface area contributed by atoms with Gasteiger partial charge in [-0.1, -0.05) is 0 Å². The minimum Gasteiger partial charge on any atom is -0.324 e. The zero-order chi connectivity index (χ0) is 8.59. The van der Waals surface area contributed by atoms with Crippen molar-refractivity contribution in [2.45, 2.75) is 26.8 Å². The lowest BCUT2D eigenvalue weighted by Crippen LogP contribution is -2.07. The third kappa shape index (κ3) is 1.28. The second-order valence-corrected chi connectivity index (χ2v) is 3.00. The molecule has 1 rings (SSSR count). The SMILES string of the molecule is Cc1nn(C)c(C)c1[C@H](C)N. The van der Waals surface area contributed by atoms with Gasteiger partial charge in [-0.3, -0.25) is 4.68 Å². The molecule has 0 bridgehead atoms. The fourth-order valence-electron chi connectivity index (χ4n) is 1.45. The zero-order valence-electron chi connectivity index (χ0n) is 7.55. The van der Waals surface area contributed by atoms with Gasteiger partial charge in [0, 0.05) is 24.3 Å². The third-order valence-corrected chi connectivity index (χ3v) is 2.02. The molecular formula is C8H15N3. The van der Waals surface area contributed by atoms with Crippen LogP contribution < -0.4 is 5.73 Å². The fourth-order valence-corrected chi connectivity index (χ4v) is 1.45. The number of nitrogens with zero attached hydrogens (tertiary/aromatic N) is 2. The summed E-state index contributed by atoms with van der Waals surface area (Å²) >= 11 is 0. The lowest BCUT2D eigenvalue weighted by atomic mass is 10.1. The van der Waals surface area contributed by atoms with E-state index in [1.165, 1.54) is 5.56 Å². The normalized spacial score (nSPS) is 13.5. The first kappa shape index (κ1) is 8.27. The molecule has 3 nitrogen and oxygen atoms in total. The van der Waals surface area contributed by atoms with Crippen molar-refractivity contribution in [1.29, 1.82) is 0 Å². The molecule has 0 saturated carbocycles. The highest BCUT2D eigenvalue weighted by Gasteiger charge is 2.11. The molecule has 0 aliphatic rings. The zero-order valence-corrected chi connectivity index (χ0v) is 7.55. The van der Waals surface area contributed by atoms with Crippen LogP contribution in [0.1, 0.15) is 29.9 Å². The highest BCUT2D eigenvalue weighted by atomic mass is 15.3. The van der Waals surface area contributed by atoms with Gasteiger partial charge in [0.2, 0.25) is 0 Å². The summed E-state index contributed by atoms with van der Waals surface area (Å²) < 4.78 is 1.87. The van der Waals surface area contributed by atoms with E-state index in [1.54, 1.807) is 0 Å². The van der Waals surface area contributed by atoms with Gasteiger partial charge in [0.05, 0.1) is 5.69 Å². The number of hydrogen-bond donors (Lipinski definition) is 1. The lowest BCUT2D eigenvalue weighted by Gasteiger charge is -2.04. The summed E-state index contributed by atoms with van der Waals surface area (Å²) in [6, 6.07) is 0.0868. The number of nitrogens with two attached hydrogens (primary N) is 1. The number of hydrogen-bond acceptors (Lipinski definition) is 2. The monoisotopic (exact) mass is 153 g/mol. The van der Waals surface area contributed by atoms with E-state index in [2.05, 4.69) is 5.10 Å². The van der Waals surface area contributed by atoms with Gasteiger partial charge < -0.3 is 5.73 Å². The maximum atomic E-state index is 5.78. The second kappa shape index (κ2) is 2.66. The highest BCUT2D eigenvalue weighted by molar-refractivity contribution is 5.26. The molecule has 62 valence electrons. The van der Waals surface area contributed by atoms with Crippen molar-refractivity contribution in [3.63, 3.8) is 0 Å². The number of aryl methyl sites for hydroxylation is 2. The second-order valence-electron chi connectivity index (χ2n) is 3.00. The minimum absolute atomic E-state index is 0.0868. The first-order chi connectivity index (χ1) is 5.04. The Morgan fingerprint density at radius 3 is 2.18 bits per heavy atom. The van der Waals surface area contributed by atoms with Crippen molar-refractivity contribution in [3.8, 4) is 0 Å². The largest absolute Gasteiger partial charge is 0.324 e. The molecule has 0 saturated heterocycles. The first-order valence-corrected chi connectivity index (χ1v) is 3.79. The van der Waals surface area contributed by atoms with E-state index >= 15 is 0 Å². The maximum absolute atomic E-state index is 5.78. The average Bonchev–Trinajstić information content (AvgIpc) is 2.07. The van der Waals surface area contributed by atoms with Crippen LogP contribution in [0.25, 0.3) is 0 Å². The Bertz CT molecular complexity index is 261. The van der Waals surface area contributed by atoms with Crippen molar-refractivity contribution in [2.75, 3.05) is 0 Å². The van der Waals surface area contributed by atoms with Crippen LogP contribution in [0.4, 0.5) is 0 Å². The van der Waals surface area contributed by atoms with Crippen molar-refractivity contribution >= 4 is 0 Å². The molecule has 0 aromatic carbocycles. The number of aromatic nitrogens is 2. The molecule has 1 atom stereocenters. The van der Waals surface area contributed by atoms with Gasteiger partial charge >= 0.3 is 0 Å². The first-order valence-electron chi connectivity index (χ1n) is 3.79. The summed E-state index contributed by atoms with van der Waals surface area (Å²) in [5.74, 6) is 0. The van der Waals surface area contributed by atoms with E-state index in [0.717, 1.165) is 11.4 Å². The quantitative estimate of drug-likeness (QED) is 0.655. The Morgan fingerprint density at radius 1 is 1.45 bits per heavy atom. The molecular weight excluding hydrogens is 138 g/mol. The van der Waals surface area contributed by atoms with Crippen molar-refractivity contribution in [1.82, 2.24) is 9.78 Å². The molecule has 0 aliphatic heterocycles. The summed E-state index contributed by atoms with van der Waals surface area (Å²) in [5, 5.41) is 4.27. The van der Waals surface area contributed by atoms with Crippen molar-refractivity contribution in [3.05, 3.63) is 17.0 Å². The Balaban J connectivity index is 3.22. The molecule has 0 fully saturated rings. The molecule has 0 spiro atoms. The maximum Gasteiger partial charge on any atom is 0.0644 e. The van der Waals surface area contributed by atoms with E-state index in [0.29, 0.717) is 0 Å². The van der Waals surface area contributed by atoms with Gasteiger partial charge in [0.25, 0.3) is 0 Å². The van der Waals surface area contributed by atoms with Gasteiger partial charge in [-0.15, -0.1) is 0 Å². The Kier molecular flexibility index (Phi) is 2.00. The minimum atomic E-state index is 0.0868. The van der Waals surface area contributed by atoms with Crippen LogP contribution in [0, 0.1) is 13.8 Å². The molecule has 0 aliphatic carbocycles. The van der Waals surface area contributed by atoms with E-state index in [1.807, 2.05) is 32.5 Å². The summed E-state index contributed by atoms with van der Waals surface area (Å²) in [6.07, 6.45) is 0. The third-order valence-electron chi connectivity index (χ3n) is 2.02. The van der Waals surface area contributed by atoms with Gasteiger partial charge in [0.1, 0.15) is 0 Å². The van der Waals surface area contributed by atoms with Crippen LogP contribution in [0.2, 0.25) is 0 Å². The summed E-state index contributed by atoms with van der Waals surface area (Å²) in [4.78, 5) is 0. The van der Waals surface area contributed by atoms with Crippen LogP contribution in [-0.2, 0) is 7.05 Å². The fraction of sp³-hybridized carbons (Fsp3) is 0.625. The molecule has 1 aromatic rings. The molecule has 11 heavy (non-hydrogen) atoms. The predicted molar refractivity (Wildman–Crippen MR) is 45.3 cm³/mol. The van der Waals surface area contributed by atoms with Crippen molar-refractivity contribution in [2.24, 2.45) is 12.8 Å². The molecule has 0 radical (unpaired) electrons. The highest BCUT2D eigenvalue weighted by Crippen LogP contribution is 2.17. The van der Waals surface area contributed by atoms with Gasteiger partial charge in [-0.2, -0.15) is 5.10 Å². The van der Waals surface area contributed by atoms with E-state index in [-0.39, 0.29) is 6.04 Å². The Labute approximate surface area is 67.2 Å². The smallest absolute Gasteiger partial charge is 0.0644 e. The lowest BCUT2D eigenvalue weighted by molar-refractivity contribution is 0.726. The van der Waals surface area contributed by atoms with Gasteiger partial charge in [-0.05, 0) is 20.8 Å². The molecule has 2 N–H and O–H groups in total. The summed E-state index contributed by atoms with van der Waals surface area (Å²) in [6.45, 7) is 6.02. The van der Waals surface area contributed by atoms with E-state index in [4.69, 9.17) is 5.73 Å². The number of rotatable bonds is 1. The van der Waals surface area contributed by atoms with E-state index in [9.17, 15) is 0 Å². The van der Waals surface area contributed by atoms with Crippen LogP contribution in [0.5, 0.6) is 0 Å². The van der Waals surface area contributed by atoms with Gasteiger partial charge in [0.15, 0.2) is 0 Å². The topological polar surface area (TPSA) is 43.8 Å². The summed E-state index contributed by atoms with van der Waals surface area (Å²) in [7, 11) is 1.94. The van der Waals surface area contributed by atoms with Crippen LogP contribution in [-0.4, -0.2) is 9.78 Å². The molecule has 1 heterocycles. The predicted octanol–water partition coefficient (Wildman–Crippen LogP) is 1.06. The van der Waals surface area contributed by atoms with Crippen LogP contribution in [0.15, 0.2) is 0 Å².